The van der Waals surface area contributed by atoms with Gasteiger partial charge in [-0.1, -0.05) is 36.4 Å². The van der Waals surface area contributed by atoms with Crippen molar-refractivity contribution < 1.29 is 31.8 Å². The molecule has 218 valence electrons. The maximum atomic E-state index is 13.8. The maximum absolute atomic E-state index is 13.8. The number of benzene rings is 2. The summed E-state index contributed by atoms with van der Waals surface area (Å²) in [5.74, 6) is 1.54. The molecule has 0 radical (unpaired) electrons. The second-order valence-corrected chi connectivity index (χ2v) is 11.7. The molecule has 0 bridgehead atoms. The number of rotatable bonds is 13. The van der Waals surface area contributed by atoms with Crippen molar-refractivity contribution in [3.63, 3.8) is 0 Å². The van der Waals surface area contributed by atoms with Crippen molar-refractivity contribution in [2.45, 2.75) is 19.5 Å². The average molecular weight is 582 g/mol. The van der Waals surface area contributed by atoms with E-state index in [1.54, 1.807) is 29.4 Å². The first-order chi connectivity index (χ1) is 20.0. The summed E-state index contributed by atoms with van der Waals surface area (Å²) in [6.07, 6.45) is 3.70. The summed E-state index contributed by atoms with van der Waals surface area (Å²) in [5.41, 5.74) is 1.60. The molecule has 1 fully saturated rings. The van der Waals surface area contributed by atoms with Crippen LogP contribution in [0.4, 0.5) is 0 Å². The molecule has 0 saturated carbocycles. The number of carbonyl (C=O) groups is 1. The Balaban J connectivity index is 1.33. The Labute approximate surface area is 240 Å². The van der Waals surface area contributed by atoms with Crippen LogP contribution in [0.15, 0.2) is 76.8 Å². The largest absolute Gasteiger partial charge is 0.467 e. The highest BCUT2D eigenvalue weighted by atomic mass is 32.2. The molecule has 2 aliphatic heterocycles. The number of carbonyl (C=O) groups excluding carboxylic acids is 1. The number of nitrogens with zero attached hydrogens (tertiary/aromatic N) is 3. The molecule has 2 aliphatic rings. The fourth-order valence-electron chi connectivity index (χ4n) is 4.74. The van der Waals surface area contributed by atoms with Crippen LogP contribution < -0.4 is 9.47 Å². The molecule has 0 spiro atoms. The summed E-state index contributed by atoms with van der Waals surface area (Å²) in [4.78, 5) is 17.6. The molecule has 5 rings (SSSR count). The van der Waals surface area contributed by atoms with E-state index in [1.165, 1.54) is 9.71 Å². The van der Waals surface area contributed by atoms with Crippen molar-refractivity contribution in [2.24, 2.45) is 0 Å². The van der Waals surface area contributed by atoms with Gasteiger partial charge >= 0.3 is 0 Å². The van der Waals surface area contributed by atoms with Gasteiger partial charge < -0.3 is 23.5 Å². The van der Waals surface area contributed by atoms with Gasteiger partial charge in [0.25, 0.3) is 0 Å². The normalized spacial score (nSPS) is 15.5. The average Bonchev–Trinajstić information content (AvgIpc) is 3.68. The van der Waals surface area contributed by atoms with E-state index in [0.29, 0.717) is 36.9 Å². The maximum Gasteiger partial charge on any atom is 0.238 e. The van der Waals surface area contributed by atoms with Crippen LogP contribution in [0.3, 0.4) is 0 Å². The Morgan fingerprint density at radius 2 is 1.76 bits per heavy atom. The van der Waals surface area contributed by atoms with Crippen molar-refractivity contribution in [1.82, 2.24) is 14.1 Å². The van der Waals surface area contributed by atoms with Crippen LogP contribution >= 0.6 is 0 Å². The molecule has 0 unspecified atom stereocenters. The topological polar surface area (TPSA) is 102 Å². The Bertz CT molecular complexity index is 1410. The molecule has 0 N–H and O–H groups in total. The van der Waals surface area contributed by atoms with Crippen LogP contribution in [-0.2, 0) is 32.6 Å². The third-order valence-electron chi connectivity index (χ3n) is 6.98. The van der Waals surface area contributed by atoms with Gasteiger partial charge in [0, 0.05) is 31.6 Å². The van der Waals surface area contributed by atoms with Crippen LogP contribution in [0.2, 0.25) is 0 Å². The fraction of sp³-hybridized carbons (Fsp3) is 0.367. The van der Waals surface area contributed by atoms with Gasteiger partial charge in [-0.3, -0.25) is 9.69 Å². The van der Waals surface area contributed by atoms with E-state index in [9.17, 15) is 13.2 Å². The van der Waals surface area contributed by atoms with E-state index < -0.39 is 10.0 Å². The molecule has 3 heterocycles. The molecule has 10 nitrogen and oxygen atoms in total. The molecule has 0 atom stereocenters. The molecule has 41 heavy (non-hydrogen) atoms. The van der Waals surface area contributed by atoms with E-state index in [-0.39, 0.29) is 38.9 Å². The lowest BCUT2D eigenvalue weighted by atomic mass is 10.2. The van der Waals surface area contributed by atoms with Crippen LogP contribution in [0.25, 0.3) is 6.08 Å². The minimum atomic E-state index is -3.89. The zero-order chi connectivity index (χ0) is 28.5. The van der Waals surface area contributed by atoms with E-state index >= 15 is 0 Å². The monoisotopic (exact) mass is 581 g/mol. The van der Waals surface area contributed by atoms with E-state index in [4.69, 9.17) is 18.6 Å². The summed E-state index contributed by atoms with van der Waals surface area (Å²) in [5, 5.41) is 1.18. The molecule has 1 aromatic heterocycles. The number of sulfonamides is 1. The summed E-state index contributed by atoms with van der Waals surface area (Å²) >= 11 is 0. The summed E-state index contributed by atoms with van der Waals surface area (Å²) in [6.45, 7) is 4.20. The Hall–Kier alpha value is -3.64. The molecule has 11 heteroatoms. The Morgan fingerprint density at radius 1 is 0.951 bits per heavy atom. The van der Waals surface area contributed by atoms with Crippen LogP contribution in [0.1, 0.15) is 23.3 Å². The van der Waals surface area contributed by atoms with Crippen molar-refractivity contribution in [1.29, 1.82) is 0 Å². The van der Waals surface area contributed by atoms with Crippen molar-refractivity contribution in [2.75, 3.05) is 52.7 Å². The number of ether oxygens (including phenoxy) is 3. The second kappa shape index (κ2) is 13.8. The zero-order valence-corrected chi connectivity index (χ0v) is 23.7. The predicted octanol–water partition coefficient (Wildman–Crippen LogP) is 3.56. The summed E-state index contributed by atoms with van der Waals surface area (Å²) < 4.78 is 50.2. The molecule has 1 amide bonds. The van der Waals surface area contributed by atoms with E-state index in [2.05, 4.69) is 4.90 Å². The van der Waals surface area contributed by atoms with Crippen molar-refractivity contribution in [3.05, 3.63) is 89.2 Å². The number of hydrogen-bond acceptors (Lipinski definition) is 8. The van der Waals surface area contributed by atoms with Crippen molar-refractivity contribution in [3.8, 4) is 11.5 Å². The molecular formula is C30H35N3O7S. The fourth-order valence-corrected chi connectivity index (χ4v) is 5.92. The highest BCUT2D eigenvalue weighted by Crippen LogP contribution is 2.33. The van der Waals surface area contributed by atoms with Crippen LogP contribution in [0, 0.1) is 0 Å². The number of morpholine rings is 1. The lowest BCUT2D eigenvalue weighted by Crippen LogP contribution is -2.43. The number of furan rings is 1. The number of amides is 1. The lowest BCUT2D eigenvalue weighted by molar-refractivity contribution is -0.133. The first-order valence-electron chi connectivity index (χ1n) is 13.7. The van der Waals surface area contributed by atoms with Gasteiger partial charge in [-0.25, -0.2) is 8.42 Å². The van der Waals surface area contributed by atoms with Crippen LogP contribution in [-0.4, -0.2) is 81.2 Å². The molecule has 0 aliphatic carbocycles. The van der Waals surface area contributed by atoms with Gasteiger partial charge in [0.05, 0.1) is 32.6 Å². The van der Waals surface area contributed by atoms with Gasteiger partial charge in [-0.2, -0.15) is 4.31 Å². The SMILES string of the molecule is O=C(CN(CCCN1CCOCC1)S(=O)(=O)C=Cc1ccccc1)N(Cc1ccc2c(c1)OCO2)Cc1ccco1. The van der Waals surface area contributed by atoms with Crippen LogP contribution in [0.5, 0.6) is 11.5 Å². The quantitative estimate of drug-likeness (QED) is 0.302. The van der Waals surface area contributed by atoms with E-state index in [1.807, 2.05) is 48.5 Å². The standard InChI is InChI=1S/C30H35N3O7S/c34-30(32(22-27-8-4-16-38-27)21-26-9-10-28-29(20-26)40-24-39-28)23-33(13-5-12-31-14-17-37-18-15-31)41(35,36)19-11-25-6-2-1-3-7-25/h1-4,6-11,16,19-20H,5,12-15,17-18,21-24H2. The molecule has 3 aromatic rings. The zero-order valence-electron chi connectivity index (χ0n) is 22.9. The molecular weight excluding hydrogens is 546 g/mol. The number of fused-ring (bicyclic) bond motifs is 1. The minimum absolute atomic E-state index is 0.154. The van der Waals surface area contributed by atoms with Gasteiger partial charge in [-0.05, 0) is 54.4 Å². The molecule has 1 saturated heterocycles. The Kier molecular flexibility index (Phi) is 9.73. The second-order valence-electron chi connectivity index (χ2n) is 9.92. The summed E-state index contributed by atoms with van der Waals surface area (Å²) in [7, 11) is -3.89. The summed E-state index contributed by atoms with van der Waals surface area (Å²) in [6, 6.07) is 18.3. The minimum Gasteiger partial charge on any atom is -0.467 e. The first kappa shape index (κ1) is 28.9. The van der Waals surface area contributed by atoms with Gasteiger partial charge in [0.2, 0.25) is 22.7 Å². The first-order valence-corrected chi connectivity index (χ1v) is 15.2. The van der Waals surface area contributed by atoms with Gasteiger partial charge in [0.15, 0.2) is 11.5 Å². The van der Waals surface area contributed by atoms with Gasteiger partial charge in [-0.15, -0.1) is 0 Å². The van der Waals surface area contributed by atoms with E-state index in [0.717, 1.165) is 30.8 Å². The third kappa shape index (κ3) is 8.20. The van der Waals surface area contributed by atoms with Gasteiger partial charge in [0.1, 0.15) is 5.76 Å². The Morgan fingerprint density at radius 3 is 2.54 bits per heavy atom. The lowest BCUT2D eigenvalue weighted by Gasteiger charge is -2.29. The van der Waals surface area contributed by atoms with Crippen molar-refractivity contribution >= 4 is 22.0 Å². The highest BCUT2D eigenvalue weighted by Gasteiger charge is 2.27. The third-order valence-corrected chi connectivity index (χ3v) is 8.49. The predicted molar refractivity (Wildman–Crippen MR) is 153 cm³/mol. The highest BCUT2D eigenvalue weighted by molar-refractivity contribution is 7.92. The number of hydrogen-bond donors (Lipinski definition) is 0. The molecule has 2 aromatic carbocycles. The smallest absolute Gasteiger partial charge is 0.238 e.